The second-order valence-electron chi connectivity index (χ2n) is 5.92. The number of nitrogens with one attached hydrogen (secondary N) is 1. The number of esters is 1. The third-order valence-corrected chi connectivity index (χ3v) is 6.04. The molecule has 0 aliphatic rings. The molecule has 10 nitrogen and oxygen atoms in total. The van der Waals surface area contributed by atoms with E-state index in [1.54, 1.807) is 13.0 Å². The zero-order chi connectivity index (χ0) is 21.0. The standard InChI is InChI=1S/C17H16N4O6S2/c1-2-27-16(22)10-14(11-5-3-6-12(9-11)21(23)24)20-29(25,26)15-8-4-7-13-17(15)19-28-18-13/h3-9,14,20H,2,10H2,1H3/t14-/m0/s1. The number of benzene rings is 2. The average Bonchev–Trinajstić information content (AvgIpc) is 3.16. The zero-order valence-electron chi connectivity index (χ0n) is 15.1. The van der Waals surface area contributed by atoms with Crippen LogP contribution in [0.2, 0.25) is 0 Å². The number of non-ortho nitro benzene ring substituents is 1. The minimum absolute atomic E-state index is 0.0944. The monoisotopic (exact) mass is 436 g/mol. The summed E-state index contributed by atoms with van der Waals surface area (Å²) in [5.41, 5.74) is 0.676. The molecule has 1 heterocycles. The Morgan fingerprint density at radius 1 is 1.28 bits per heavy atom. The molecule has 0 saturated heterocycles. The van der Waals surface area contributed by atoms with Crippen molar-refractivity contribution < 1.29 is 22.9 Å². The van der Waals surface area contributed by atoms with Gasteiger partial charge in [-0.1, -0.05) is 18.2 Å². The number of hydrogen-bond donors (Lipinski definition) is 1. The molecule has 0 aliphatic heterocycles. The van der Waals surface area contributed by atoms with Gasteiger partial charge in [0, 0.05) is 12.1 Å². The van der Waals surface area contributed by atoms with Crippen LogP contribution in [0.1, 0.15) is 24.9 Å². The molecule has 12 heteroatoms. The number of carbonyl (C=O) groups excluding carboxylic acids is 1. The summed E-state index contributed by atoms with van der Waals surface area (Å²) in [6.45, 7) is 1.75. The molecule has 0 fully saturated rings. The summed E-state index contributed by atoms with van der Waals surface area (Å²) in [6.07, 6.45) is -0.334. The maximum absolute atomic E-state index is 13.0. The molecular weight excluding hydrogens is 420 g/mol. The highest BCUT2D eigenvalue weighted by molar-refractivity contribution is 7.89. The first-order chi connectivity index (χ1) is 13.8. The number of aromatic nitrogens is 2. The van der Waals surface area contributed by atoms with Gasteiger partial charge in [-0.3, -0.25) is 14.9 Å². The second kappa shape index (κ2) is 8.59. The van der Waals surface area contributed by atoms with E-state index in [4.69, 9.17) is 4.74 Å². The fourth-order valence-electron chi connectivity index (χ4n) is 2.72. The van der Waals surface area contributed by atoms with Crippen molar-refractivity contribution in [3.8, 4) is 0 Å². The van der Waals surface area contributed by atoms with Crippen molar-refractivity contribution in [1.82, 2.24) is 13.5 Å². The molecule has 1 N–H and O–H groups in total. The summed E-state index contributed by atoms with van der Waals surface area (Å²) in [5, 5.41) is 11.1. The van der Waals surface area contributed by atoms with Crippen LogP contribution in [0.4, 0.5) is 5.69 Å². The van der Waals surface area contributed by atoms with E-state index >= 15 is 0 Å². The minimum atomic E-state index is -4.12. The van der Waals surface area contributed by atoms with Gasteiger partial charge in [0.05, 0.1) is 35.7 Å². The van der Waals surface area contributed by atoms with E-state index in [-0.39, 0.29) is 34.7 Å². The van der Waals surface area contributed by atoms with Gasteiger partial charge in [0.1, 0.15) is 15.9 Å². The van der Waals surface area contributed by atoms with E-state index in [1.807, 2.05) is 0 Å². The van der Waals surface area contributed by atoms with Crippen LogP contribution in [-0.4, -0.2) is 34.7 Å². The molecular formula is C17H16N4O6S2. The lowest BCUT2D eigenvalue weighted by atomic mass is 10.0. The Kier molecular flexibility index (Phi) is 6.15. The Hall–Kier alpha value is -2.96. The molecule has 1 atom stereocenters. The number of ether oxygens (including phenoxy) is 1. The first-order valence-corrected chi connectivity index (χ1v) is 10.7. The number of fused-ring (bicyclic) bond motifs is 1. The number of nitrogens with zero attached hydrogens (tertiary/aromatic N) is 3. The maximum Gasteiger partial charge on any atom is 0.307 e. The third kappa shape index (κ3) is 4.72. The topological polar surface area (TPSA) is 141 Å². The number of carbonyl (C=O) groups is 1. The van der Waals surface area contributed by atoms with Crippen LogP contribution in [0.5, 0.6) is 0 Å². The van der Waals surface area contributed by atoms with Crippen LogP contribution in [0, 0.1) is 10.1 Å². The van der Waals surface area contributed by atoms with Gasteiger partial charge in [0.15, 0.2) is 0 Å². The number of sulfonamides is 1. The summed E-state index contributed by atoms with van der Waals surface area (Å²) >= 11 is 0.880. The summed E-state index contributed by atoms with van der Waals surface area (Å²) in [4.78, 5) is 22.4. The van der Waals surface area contributed by atoms with Gasteiger partial charge in [-0.2, -0.15) is 8.75 Å². The van der Waals surface area contributed by atoms with Crippen molar-refractivity contribution in [3.63, 3.8) is 0 Å². The highest BCUT2D eigenvalue weighted by atomic mass is 32.2. The summed E-state index contributed by atoms with van der Waals surface area (Å²) in [7, 11) is -4.12. The molecule has 0 amide bonds. The van der Waals surface area contributed by atoms with Gasteiger partial charge in [-0.15, -0.1) is 0 Å². The van der Waals surface area contributed by atoms with Gasteiger partial charge in [-0.25, -0.2) is 13.1 Å². The Labute approximate surface area is 170 Å². The van der Waals surface area contributed by atoms with E-state index in [2.05, 4.69) is 13.5 Å². The van der Waals surface area contributed by atoms with Gasteiger partial charge < -0.3 is 4.74 Å². The Balaban J connectivity index is 2.00. The van der Waals surface area contributed by atoms with Crippen LogP contribution >= 0.6 is 11.7 Å². The third-order valence-electron chi connectivity index (χ3n) is 4.00. The molecule has 0 aliphatic carbocycles. The maximum atomic E-state index is 13.0. The quantitative estimate of drug-likeness (QED) is 0.323. The highest BCUT2D eigenvalue weighted by Crippen LogP contribution is 2.27. The Morgan fingerprint density at radius 2 is 2.03 bits per heavy atom. The first kappa shape index (κ1) is 20.8. The van der Waals surface area contributed by atoms with Crippen molar-refractivity contribution >= 4 is 44.4 Å². The van der Waals surface area contributed by atoms with Crippen LogP contribution < -0.4 is 4.72 Å². The zero-order valence-corrected chi connectivity index (χ0v) is 16.8. The van der Waals surface area contributed by atoms with Gasteiger partial charge >= 0.3 is 5.97 Å². The number of nitro groups is 1. The summed E-state index contributed by atoms with van der Waals surface area (Å²) in [6, 6.07) is 8.90. The van der Waals surface area contributed by atoms with Gasteiger partial charge in [0.25, 0.3) is 5.69 Å². The smallest absolute Gasteiger partial charge is 0.307 e. The molecule has 0 radical (unpaired) electrons. The predicted octanol–water partition coefficient (Wildman–Crippen LogP) is 2.57. The van der Waals surface area contributed by atoms with Gasteiger partial charge in [-0.05, 0) is 24.6 Å². The average molecular weight is 436 g/mol. The van der Waals surface area contributed by atoms with Crippen LogP contribution in [0.15, 0.2) is 47.4 Å². The van der Waals surface area contributed by atoms with E-state index in [9.17, 15) is 23.3 Å². The number of nitro benzene ring substituents is 1. The lowest BCUT2D eigenvalue weighted by Gasteiger charge is -2.18. The normalized spacial score (nSPS) is 12.6. The van der Waals surface area contributed by atoms with E-state index in [0.29, 0.717) is 5.52 Å². The molecule has 2 aromatic carbocycles. The lowest BCUT2D eigenvalue weighted by Crippen LogP contribution is -2.31. The summed E-state index contributed by atoms with van der Waals surface area (Å²) < 4.78 is 41.5. The van der Waals surface area contributed by atoms with Crippen molar-refractivity contribution in [3.05, 3.63) is 58.1 Å². The SMILES string of the molecule is CCOC(=O)C[C@H](NS(=O)(=O)c1cccc2nsnc12)c1cccc([N+](=O)[O-])c1. The fourth-order valence-corrected chi connectivity index (χ4v) is 4.71. The van der Waals surface area contributed by atoms with Crippen molar-refractivity contribution in [2.45, 2.75) is 24.3 Å². The van der Waals surface area contributed by atoms with Crippen molar-refractivity contribution in [1.29, 1.82) is 0 Å². The molecule has 0 saturated carbocycles. The predicted molar refractivity (Wildman–Crippen MR) is 105 cm³/mol. The van der Waals surface area contributed by atoms with Crippen molar-refractivity contribution in [2.24, 2.45) is 0 Å². The molecule has 3 aromatic rings. The first-order valence-electron chi connectivity index (χ1n) is 8.45. The van der Waals surface area contributed by atoms with E-state index in [1.165, 1.54) is 36.4 Å². The number of rotatable bonds is 8. The Morgan fingerprint density at radius 3 is 2.76 bits per heavy atom. The fraction of sp³-hybridized carbons (Fsp3) is 0.235. The van der Waals surface area contributed by atoms with Crippen LogP contribution in [0.3, 0.4) is 0 Å². The van der Waals surface area contributed by atoms with Crippen LogP contribution in [-0.2, 0) is 19.6 Å². The molecule has 0 spiro atoms. The molecule has 0 unspecified atom stereocenters. The lowest BCUT2D eigenvalue weighted by molar-refractivity contribution is -0.384. The second-order valence-corrected chi connectivity index (χ2v) is 8.13. The van der Waals surface area contributed by atoms with Crippen LogP contribution in [0.25, 0.3) is 11.0 Å². The number of hydrogen-bond acceptors (Lipinski definition) is 9. The van der Waals surface area contributed by atoms with Crippen molar-refractivity contribution in [2.75, 3.05) is 6.61 Å². The molecule has 152 valence electrons. The summed E-state index contributed by atoms with van der Waals surface area (Å²) in [5.74, 6) is -0.639. The van der Waals surface area contributed by atoms with E-state index in [0.717, 1.165) is 11.7 Å². The molecule has 1 aromatic heterocycles. The molecule has 29 heavy (non-hydrogen) atoms. The Bertz CT molecular complexity index is 1160. The minimum Gasteiger partial charge on any atom is -0.466 e. The van der Waals surface area contributed by atoms with Gasteiger partial charge in [0.2, 0.25) is 10.0 Å². The molecule has 0 bridgehead atoms. The van der Waals surface area contributed by atoms with E-state index < -0.39 is 27.0 Å². The highest BCUT2D eigenvalue weighted by Gasteiger charge is 2.27. The largest absolute Gasteiger partial charge is 0.466 e. The molecule has 3 rings (SSSR count).